The Labute approximate surface area is 125 Å². The summed E-state index contributed by atoms with van der Waals surface area (Å²) in [4.78, 5) is 6.79. The maximum atomic E-state index is 4.66. The van der Waals surface area contributed by atoms with Crippen LogP contribution in [0.4, 0.5) is 11.4 Å². The fourth-order valence-electron chi connectivity index (χ4n) is 2.45. The summed E-state index contributed by atoms with van der Waals surface area (Å²) in [6, 6.07) is 22.8. The monoisotopic (exact) mass is 274 g/mol. The third kappa shape index (κ3) is 2.79. The molecule has 0 aliphatic rings. The van der Waals surface area contributed by atoms with Crippen molar-refractivity contribution in [3.05, 3.63) is 72.3 Å². The molecule has 0 radical (unpaired) electrons. The smallest absolute Gasteiger partial charge is 0.0709 e. The van der Waals surface area contributed by atoms with E-state index in [1.807, 2.05) is 24.4 Å². The lowest BCUT2D eigenvalue weighted by atomic mass is 10.1. The standard InChI is InChI=1S/C19H18N2/c1-21(2)19-13-12-18(16-10-6-7-11-17(16)19)20-14-15-8-4-3-5-9-15/h3-14H,1-2H3/b20-14+. The quantitative estimate of drug-likeness (QED) is 0.634. The van der Waals surface area contributed by atoms with Crippen LogP contribution in [-0.2, 0) is 0 Å². The maximum Gasteiger partial charge on any atom is 0.0709 e. The van der Waals surface area contributed by atoms with Crippen molar-refractivity contribution in [2.75, 3.05) is 19.0 Å². The molecule has 0 saturated carbocycles. The van der Waals surface area contributed by atoms with Crippen molar-refractivity contribution in [1.29, 1.82) is 0 Å². The lowest BCUT2D eigenvalue weighted by Crippen LogP contribution is -2.08. The Bertz CT molecular complexity index is 774. The molecule has 3 aromatic carbocycles. The molecule has 0 spiro atoms. The number of aliphatic imine (C=N–C) groups is 1. The molecule has 2 heteroatoms. The van der Waals surface area contributed by atoms with Crippen LogP contribution in [0.15, 0.2) is 71.7 Å². The minimum absolute atomic E-state index is 1.00. The van der Waals surface area contributed by atoms with E-state index in [2.05, 4.69) is 72.5 Å². The van der Waals surface area contributed by atoms with Gasteiger partial charge in [-0.15, -0.1) is 0 Å². The van der Waals surface area contributed by atoms with Gasteiger partial charge in [0.25, 0.3) is 0 Å². The van der Waals surface area contributed by atoms with Gasteiger partial charge in [0.05, 0.1) is 5.69 Å². The Morgan fingerprint density at radius 1 is 0.762 bits per heavy atom. The molecule has 0 saturated heterocycles. The van der Waals surface area contributed by atoms with Gasteiger partial charge < -0.3 is 4.90 Å². The molecular formula is C19H18N2. The predicted octanol–water partition coefficient (Wildman–Crippen LogP) is 4.66. The molecule has 0 heterocycles. The molecule has 0 unspecified atom stereocenters. The minimum Gasteiger partial charge on any atom is -0.377 e. The molecule has 21 heavy (non-hydrogen) atoms. The third-order valence-corrected chi connectivity index (χ3v) is 3.51. The van der Waals surface area contributed by atoms with E-state index >= 15 is 0 Å². The van der Waals surface area contributed by atoms with E-state index in [9.17, 15) is 0 Å². The SMILES string of the molecule is CN(C)c1ccc(/N=C/c2ccccc2)c2ccccc12. The summed E-state index contributed by atoms with van der Waals surface area (Å²) in [6.07, 6.45) is 1.91. The average Bonchev–Trinajstić information content (AvgIpc) is 2.53. The van der Waals surface area contributed by atoms with Crippen molar-refractivity contribution < 1.29 is 0 Å². The van der Waals surface area contributed by atoms with Gasteiger partial charge in [-0.25, -0.2) is 0 Å². The van der Waals surface area contributed by atoms with E-state index < -0.39 is 0 Å². The van der Waals surface area contributed by atoms with E-state index in [0.717, 1.165) is 11.3 Å². The van der Waals surface area contributed by atoms with Crippen LogP contribution < -0.4 is 4.90 Å². The highest BCUT2D eigenvalue weighted by atomic mass is 15.1. The van der Waals surface area contributed by atoms with Crippen LogP contribution in [-0.4, -0.2) is 20.3 Å². The van der Waals surface area contributed by atoms with Gasteiger partial charge in [-0.1, -0.05) is 54.6 Å². The molecule has 0 bridgehead atoms. The summed E-state index contributed by atoms with van der Waals surface area (Å²) in [5, 5.41) is 2.40. The zero-order valence-electron chi connectivity index (χ0n) is 12.3. The first-order valence-corrected chi connectivity index (χ1v) is 7.04. The van der Waals surface area contributed by atoms with Crippen LogP contribution in [0.5, 0.6) is 0 Å². The Morgan fingerprint density at radius 3 is 2.14 bits per heavy atom. The van der Waals surface area contributed by atoms with Crippen molar-refractivity contribution >= 4 is 28.4 Å². The van der Waals surface area contributed by atoms with Gasteiger partial charge in [0.2, 0.25) is 0 Å². The highest BCUT2D eigenvalue weighted by Gasteiger charge is 2.05. The second-order valence-electron chi connectivity index (χ2n) is 5.21. The number of anilines is 1. The highest BCUT2D eigenvalue weighted by molar-refractivity contribution is 6.02. The number of nitrogens with zero attached hydrogens (tertiary/aromatic N) is 2. The van der Waals surface area contributed by atoms with Gasteiger partial charge in [0.1, 0.15) is 0 Å². The number of hydrogen-bond acceptors (Lipinski definition) is 2. The average molecular weight is 274 g/mol. The number of fused-ring (bicyclic) bond motifs is 1. The van der Waals surface area contributed by atoms with E-state index in [0.29, 0.717) is 0 Å². The second kappa shape index (κ2) is 5.80. The Hall–Kier alpha value is -2.61. The third-order valence-electron chi connectivity index (χ3n) is 3.51. The summed E-state index contributed by atoms with van der Waals surface area (Å²) >= 11 is 0. The summed E-state index contributed by atoms with van der Waals surface area (Å²) in [6.45, 7) is 0. The molecule has 0 amide bonds. The molecule has 104 valence electrons. The summed E-state index contributed by atoms with van der Waals surface area (Å²) in [5.74, 6) is 0. The fourth-order valence-corrected chi connectivity index (χ4v) is 2.45. The van der Waals surface area contributed by atoms with Crippen LogP contribution >= 0.6 is 0 Å². The zero-order chi connectivity index (χ0) is 14.7. The first-order chi connectivity index (χ1) is 10.3. The van der Waals surface area contributed by atoms with E-state index in [1.54, 1.807) is 0 Å². The summed E-state index contributed by atoms with van der Waals surface area (Å²) in [5.41, 5.74) is 3.32. The second-order valence-corrected chi connectivity index (χ2v) is 5.21. The zero-order valence-corrected chi connectivity index (χ0v) is 12.3. The first-order valence-electron chi connectivity index (χ1n) is 7.04. The highest BCUT2D eigenvalue weighted by Crippen LogP contribution is 2.32. The maximum absolute atomic E-state index is 4.66. The number of hydrogen-bond donors (Lipinski definition) is 0. The normalized spacial score (nSPS) is 11.1. The van der Waals surface area contributed by atoms with Gasteiger partial charge >= 0.3 is 0 Å². The lowest BCUT2D eigenvalue weighted by Gasteiger charge is -2.16. The van der Waals surface area contributed by atoms with Crippen LogP contribution in [0.1, 0.15) is 5.56 Å². The Morgan fingerprint density at radius 2 is 1.43 bits per heavy atom. The number of rotatable bonds is 3. The van der Waals surface area contributed by atoms with Gasteiger partial charge in [-0.05, 0) is 17.7 Å². The van der Waals surface area contributed by atoms with Crippen LogP contribution in [0.25, 0.3) is 10.8 Å². The first kappa shape index (κ1) is 13.4. The summed E-state index contributed by atoms with van der Waals surface area (Å²) in [7, 11) is 4.13. The summed E-state index contributed by atoms with van der Waals surface area (Å²) < 4.78 is 0. The van der Waals surface area contributed by atoms with Crippen molar-refractivity contribution in [3.8, 4) is 0 Å². The topological polar surface area (TPSA) is 15.6 Å². The Kier molecular flexibility index (Phi) is 3.69. The van der Waals surface area contributed by atoms with Crippen LogP contribution in [0.2, 0.25) is 0 Å². The molecular weight excluding hydrogens is 256 g/mol. The molecule has 2 nitrogen and oxygen atoms in total. The molecule has 0 fully saturated rings. The molecule has 3 aromatic rings. The molecule has 0 aromatic heterocycles. The molecule has 0 atom stereocenters. The predicted molar refractivity (Wildman–Crippen MR) is 92.0 cm³/mol. The van der Waals surface area contributed by atoms with Gasteiger partial charge in [0.15, 0.2) is 0 Å². The fraction of sp³-hybridized carbons (Fsp3) is 0.105. The van der Waals surface area contributed by atoms with Crippen molar-refractivity contribution in [1.82, 2.24) is 0 Å². The van der Waals surface area contributed by atoms with Crippen molar-refractivity contribution in [3.63, 3.8) is 0 Å². The molecule has 0 N–H and O–H groups in total. The lowest BCUT2D eigenvalue weighted by molar-refractivity contribution is 1.14. The van der Waals surface area contributed by atoms with Crippen LogP contribution in [0.3, 0.4) is 0 Å². The van der Waals surface area contributed by atoms with E-state index in [1.165, 1.54) is 16.5 Å². The molecule has 3 rings (SSSR count). The van der Waals surface area contributed by atoms with Crippen LogP contribution in [0, 0.1) is 0 Å². The van der Waals surface area contributed by atoms with Crippen molar-refractivity contribution in [2.24, 2.45) is 4.99 Å². The van der Waals surface area contributed by atoms with Gasteiger partial charge in [0, 0.05) is 36.8 Å². The van der Waals surface area contributed by atoms with E-state index in [-0.39, 0.29) is 0 Å². The van der Waals surface area contributed by atoms with Gasteiger partial charge in [-0.3, -0.25) is 4.99 Å². The number of benzene rings is 3. The Balaban J connectivity index is 2.08. The van der Waals surface area contributed by atoms with E-state index in [4.69, 9.17) is 0 Å². The van der Waals surface area contributed by atoms with Crippen molar-refractivity contribution in [2.45, 2.75) is 0 Å². The molecule has 0 aliphatic carbocycles. The molecule has 0 aliphatic heterocycles. The largest absolute Gasteiger partial charge is 0.377 e. The van der Waals surface area contributed by atoms with Gasteiger partial charge in [-0.2, -0.15) is 0 Å². The minimum atomic E-state index is 1.00.